The molecule has 6 aromatic rings. The molecule has 4 aromatic carbocycles. The number of hydrogen-bond acceptors (Lipinski definition) is 4. The molecule has 1 aliphatic heterocycles. The first-order valence-electron chi connectivity index (χ1n) is 16.1. The Hall–Kier alpha value is -3.86. The minimum atomic E-state index is -0.107. The zero-order valence-corrected chi connectivity index (χ0v) is 29.7. The van der Waals surface area contributed by atoms with Crippen LogP contribution < -0.4 is 5.32 Å². The number of anilines is 2. The fourth-order valence-corrected chi connectivity index (χ4v) is 8.52. The molecule has 0 bridgehead atoms. The molecular weight excluding hydrogens is 597 g/mol. The SMILES string of the molecule is CC(C)(C)c1cc(Sc2nccc3ccsc23)cc(-c2cc(-c3cccc4c3Nc3ccccc3C4(C)C)cc(C(C)(C)C)c2)c1. The first kappa shape index (κ1) is 30.8. The van der Waals surface area contributed by atoms with Crippen molar-refractivity contribution in [3.8, 4) is 22.3 Å². The van der Waals surface area contributed by atoms with Crippen LogP contribution in [0.4, 0.5) is 11.4 Å². The molecule has 232 valence electrons. The summed E-state index contributed by atoms with van der Waals surface area (Å²) in [5, 5.41) is 8.33. The number of benzene rings is 4. The van der Waals surface area contributed by atoms with E-state index in [4.69, 9.17) is 4.98 Å². The maximum absolute atomic E-state index is 4.80. The van der Waals surface area contributed by atoms with E-state index in [1.54, 1.807) is 23.1 Å². The minimum absolute atomic E-state index is 0.000443. The molecule has 3 heterocycles. The number of nitrogens with zero attached hydrogens (tertiary/aromatic N) is 1. The Morgan fingerprint density at radius 2 is 1.37 bits per heavy atom. The zero-order chi connectivity index (χ0) is 32.4. The number of thiophene rings is 1. The van der Waals surface area contributed by atoms with Gasteiger partial charge in [0.2, 0.25) is 0 Å². The lowest BCUT2D eigenvalue weighted by Crippen LogP contribution is -2.26. The Morgan fingerprint density at radius 1 is 0.696 bits per heavy atom. The van der Waals surface area contributed by atoms with Gasteiger partial charge in [0.25, 0.3) is 0 Å². The van der Waals surface area contributed by atoms with Crippen LogP contribution in [0.25, 0.3) is 32.3 Å². The van der Waals surface area contributed by atoms with E-state index in [1.807, 2.05) is 6.20 Å². The highest BCUT2D eigenvalue weighted by Crippen LogP contribution is 2.49. The monoisotopic (exact) mass is 638 g/mol. The highest BCUT2D eigenvalue weighted by atomic mass is 32.2. The highest BCUT2D eigenvalue weighted by Gasteiger charge is 2.33. The van der Waals surface area contributed by atoms with Crippen molar-refractivity contribution in [2.45, 2.75) is 81.6 Å². The van der Waals surface area contributed by atoms with Gasteiger partial charge < -0.3 is 5.32 Å². The van der Waals surface area contributed by atoms with E-state index in [-0.39, 0.29) is 16.2 Å². The van der Waals surface area contributed by atoms with Crippen LogP contribution in [0.2, 0.25) is 0 Å². The van der Waals surface area contributed by atoms with Gasteiger partial charge in [0, 0.05) is 27.8 Å². The van der Waals surface area contributed by atoms with Gasteiger partial charge in [-0.2, -0.15) is 0 Å². The third kappa shape index (κ3) is 5.56. The number of para-hydroxylation sites is 2. The lowest BCUT2D eigenvalue weighted by Gasteiger charge is -2.37. The third-order valence-corrected chi connectivity index (χ3v) is 11.4. The number of pyridine rings is 1. The number of fused-ring (bicyclic) bond motifs is 3. The molecule has 1 aliphatic rings. The first-order valence-corrected chi connectivity index (χ1v) is 17.8. The number of hydrogen-bond donors (Lipinski definition) is 1. The lowest BCUT2D eigenvalue weighted by molar-refractivity contribution is 0.588. The van der Waals surface area contributed by atoms with Gasteiger partial charge in [-0.15, -0.1) is 11.3 Å². The summed E-state index contributed by atoms with van der Waals surface area (Å²) in [5.41, 5.74) is 12.5. The molecule has 0 amide bonds. The van der Waals surface area contributed by atoms with Gasteiger partial charge in [-0.25, -0.2) is 4.98 Å². The second-order valence-corrected chi connectivity index (χ2v) is 17.1. The van der Waals surface area contributed by atoms with Gasteiger partial charge in [-0.05, 0) is 96.9 Å². The van der Waals surface area contributed by atoms with E-state index in [2.05, 4.69) is 157 Å². The summed E-state index contributed by atoms with van der Waals surface area (Å²) >= 11 is 3.54. The summed E-state index contributed by atoms with van der Waals surface area (Å²) in [6.45, 7) is 18.5. The van der Waals surface area contributed by atoms with Gasteiger partial charge in [0.15, 0.2) is 0 Å². The van der Waals surface area contributed by atoms with E-state index < -0.39 is 0 Å². The number of aromatic nitrogens is 1. The molecule has 0 saturated carbocycles. The van der Waals surface area contributed by atoms with E-state index >= 15 is 0 Å². The van der Waals surface area contributed by atoms with Crippen LogP contribution in [0.1, 0.15) is 77.6 Å². The van der Waals surface area contributed by atoms with Crippen molar-refractivity contribution in [3.63, 3.8) is 0 Å². The molecule has 2 nitrogen and oxygen atoms in total. The Labute approximate surface area is 282 Å². The van der Waals surface area contributed by atoms with Crippen LogP contribution >= 0.6 is 23.1 Å². The summed E-state index contributed by atoms with van der Waals surface area (Å²) < 4.78 is 1.25. The highest BCUT2D eigenvalue weighted by molar-refractivity contribution is 7.99. The summed E-state index contributed by atoms with van der Waals surface area (Å²) in [6, 6.07) is 34.1. The van der Waals surface area contributed by atoms with Crippen LogP contribution in [0, 0.1) is 0 Å². The molecule has 2 aromatic heterocycles. The Morgan fingerprint density at radius 3 is 2.13 bits per heavy atom. The van der Waals surface area contributed by atoms with Crippen LogP contribution in [-0.2, 0) is 16.2 Å². The van der Waals surface area contributed by atoms with Gasteiger partial charge in [-0.3, -0.25) is 0 Å². The predicted octanol–water partition coefficient (Wildman–Crippen LogP) is 12.8. The summed E-state index contributed by atoms with van der Waals surface area (Å²) in [4.78, 5) is 6.02. The topological polar surface area (TPSA) is 24.9 Å². The lowest BCUT2D eigenvalue weighted by atomic mass is 9.73. The van der Waals surface area contributed by atoms with E-state index in [0.717, 1.165) is 5.03 Å². The average Bonchev–Trinajstić information content (AvgIpc) is 3.50. The van der Waals surface area contributed by atoms with Gasteiger partial charge in [-0.1, -0.05) is 122 Å². The number of rotatable bonds is 4. The summed E-state index contributed by atoms with van der Waals surface area (Å²) in [5.74, 6) is 0. The van der Waals surface area contributed by atoms with Gasteiger partial charge in [0.1, 0.15) is 5.03 Å². The molecule has 46 heavy (non-hydrogen) atoms. The molecule has 0 radical (unpaired) electrons. The van der Waals surface area contributed by atoms with Gasteiger partial charge in [0.05, 0.1) is 10.4 Å². The van der Waals surface area contributed by atoms with E-state index in [0.29, 0.717) is 0 Å². The smallest absolute Gasteiger partial charge is 0.119 e. The minimum Gasteiger partial charge on any atom is -0.355 e. The van der Waals surface area contributed by atoms with Crippen molar-refractivity contribution in [1.82, 2.24) is 4.98 Å². The van der Waals surface area contributed by atoms with Crippen LogP contribution in [0.15, 0.2) is 112 Å². The second kappa shape index (κ2) is 11.1. The average molecular weight is 639 g/mol. The maximum Gasteiger partial charge on any atom is 0.119 e. The fraction of sp³-hybridized carbons (Fsp3) is 0.262. The van der Waals surface area contributed by atoms with Crippen molar-refractivity contribution in [3.05, 3.63) is 125 Å². The molecule has 0 atom stereocenters. The maximum atomic E-state index is 4.80. The van der Waals surface area contributed by atoms with Crippen molar-refractivity contribution in [2.24, 2.45) is 0 Å². The molecule has 4 heteroatoms. The Kier molecular flexibility index (Phi) is 7.45. The molecular formula is C42H42N2S2. The van der Waals surface area contributed by atoms with Gasteiger partial charge >= 0.3 is 0 Å². The van der Waals surface area contributed by atoms with Crippen molar-refractivity contribution in [2.75, 3.05) is 5.32 Å². The van der Waals surface area contributed by atoms with Crippen LogP contribution in [0.5, 0.6) is 0 Å². The quantitative estimate of drug-likeness (QED) is 0.208. The van der Waals surface area contributed by atoms with Crippen molar-refractivity contribution in [1.29, 1.82) is 0 Å². The Balaban J connectivity index is 1.40. The molecule has 0 spiro atoms. The second-order valence-electron chi connectivity index (χ2n) is 15.1. The largest absolute Gasteiger partial charge is 0.355 e. The first-order chi connectivity index (χ1) is 21.8. The van der Waals surface area contributed by atoms with Crippen molar-refractivity contribution < 1.29 is 0 Å². The molecule has 0 saturated heterocycles. The third-order valence-electron chi connectivity index (χ3n) is 9.36. The molecule has 0 aliphatic carbocycles. The standard InChI is InChI=1S/C42H42N2S2/c1-40(2,3)30-21-27(20-29(23-30)33-12-11-14-35-37(33)44-36-15-10-9-13-34(36)42(35,7)8)28-22-31(41(4,5)6)25-32(24-28)46-39-38-26(16-18-43-39)17-19-45-38/h9-25,44H,1-8H3. The Bertz CT molecular complexity index is 2100. The predicted molar refractivity (Wildman–Crippen MR) is 200 cm³/mol. The molecule has 0 fully saturated rings. The zero-order valence-electron chi connectivity index (χ0n) is 28.1. The molecule has 0 unspecified atom stereocenters. The van der Waals surface area contributed by atoms with E-state index in [9.17, 15) is 0 Å². The van der Waals surface area contributed by atoms with Crippen LogP contribution in [-0.4, -0.2) is 4.98 Å². The van der Waals surface area contributed by atoms with Crippen LogP contribution in [0.3, 0.4) is 0 Å². The van der Waals surface area contributed by atoms with Crippen molar-refractivity contribution >= 4 is 44.6 Å². The summed E-state index contributed by atoms with van der Waals surface area (Å²) in [6.07, 6.45) is 1.93. The normalized spacial score (nSPS) is 14.1. The fourth-order valence-electron chi connectivity index (χ4n) is 6.56. The summed E-state index contributed by atoms with van der Waals surface area (Å²) in [7, 11) is 0. The number of nitrogens with one attached hydrogen (secondary N) is 1. The molecule has 7 rings (SSSR count). The van der Waals surface area contributed by atoms with E-state index in [1.165, 1.54) is 70.9 Å². The molecule has 1 N–H and O–H groups in total.